The van der Waals surface area contributed by atoms with E-state index in [0.717, 1.165) is 5.56 Å². The zero-order chi connectivity index (χ0) is 24.4. The van der Waals surface area contributed by atoms with E-state index < -0.39 is 30.6 Å². The number of nitrogens with one attached hydrogen (secondary N) is 1. The molecule has 0 unspecified atom stereocenters. The second kappa shape index (κ2) is 12.8. The Hall–Kier alpha value is -3.06. The van der Waals surface area contributed by atoms with Crippen LogP contribution in [0.25, 0.3) is 0 Å². The van der Waals surface area contributed by atoms with Crippen LogP contribution in [-0.4, -0.2) is 92.3 Å². The molecule has 0 aliphatic heterocycles. The summed E-state index contributed by atoms with van der Waals surface area (Å²) in [6, 6.07) is 11.8. The first-order chi connectivity index (χ1) is 15.6. The van der Waals surface area contributed by atoms with Crippen molar-refractivity contribution in [3.05, 3.63) is 59.7 Å². The Kier molecular flexibility index (Phi) is 10.2. The highest BCUT2D eigenvalue weighted by atomic mass is 16.5. The van der Waals surface area contributed by atoms with Crippen LogP contribution in [0.4, 0.5) is 0 Å². The Balaban J connectivity index is 1.90. The highest BCUT2D eigenvalue weighted by molar-refractivity contribution is 5.87. The van der Waals surface area contributed by atoms with E-state index in [-0.39, 0.29) is 38.2 Å². The van der Waals surface area contributed by atoms with Crippen LogP contribution in [-0.2, 0) is 11.2 Å². The van der Waals surface area contributed by atoms with Gasteiger partial charge < -0.3 is 40.7 Å². The summed E-state index contributed by atoms with van der Waals surface area (Å²) < 4.78 is 5.66. The molecular formula is C22H28N2O9. The molecule has 7 N–H and O–H groups in total. The molecule has 2 rings (SSSR count). The van der Waals surface area contributed by atoms with Gasteiger partial charge in [0.05, 0.1) is 5.56 Å². The normalized spacial score (nSPS) is 12.3. The number of hydrogen-bond donors (Lipinski definition) is 7. The van der Waals surface area contributed by atoms with Crippen molar-refractivity contribution in [1.29, 1.82) is 0 Å². The third-order valence-electron chi connectivity index (χ3n) is 4.66. The van der Waals surface area contributed by atoms with Crippen molar-refractivity contribution < 1.29 is 45.0 Å². The van der Waals surface area contributed by atoms with Gasteiger partial charge in [0.2, 0.25) is 0 Å². The van der Waals surface area contributed by atoms with E-state index >= 15 is 0 Å². The standard InChI is InChI=1S/C22H28N2O9/c25-19(26)12-24(13-20(27)28)10-9-23-18(22(31)32)11-14-1-5-16(6-2-14)33-17-7-3-15(4-8-17)21(29)30/h1-8,18-20,23,25-28H,9-13H2,(H,29,30)(H,31,32)/t18-/m0/s1. The van der Waals surface area contributed by atoms with Gasteiger partial charge in [-0.25, -0.2) is 4.79 Å². The van der Waals surface area contributed by atoms with E-state index in [9.17, 15) is 14.7 Å². The number of aliphatic hydroxyl groups excluding tert-OH is 2. The van der Waals surface area contributed by atoms with Gasteiger partial charge >= 0.3 is 11.9 Å². The van der Waals surface area contributed by atoms with Gasteiger partial charge in [0.15, 0.2) is 12.6 Å². The summed E-state index contributed by atoms with van der Waals surface area (Å²) in [6.45, 7) is -0.0779. The van der Waals surface area contributed by atoms with Crippen molar-refractivity contribution in [3.63, 3.8) is 0 Å². The predicted molar refractivity (Wildman–Crippen MR) is 116 cm³/mol. The third-order valence-corrected chi connectivity index (χ3v) is 4.66. The van der Waals surface area contributed by atoms with Crippen LogP contribution in [0.1, 0.15) is 15.9 Å². The molecule has 0 spiro atoms. The Morgan fingerprint density at radius 3 is 1.82 bits per heavy atom. The highest BCUT2D eigenvalue weighted by Gasteiger charge is 2.19. The molecule has 11 heteroatoms. The van der Waals surface area contributed by atoms with Crippen LogP contribution in [0.15, 0.2) is 48.5 Å². The van der Waals surface area contributed by atoms with E-state index in [1.54, 1.807) is 24.3 Å². The molecule has 0 aliphatic rings. The van der Waals surface area contributed by atoms with E-state index in [2.05, 4.69) is 5.32 Å². The number of aliphatic hydroxyl groups is 4. The first kappa shape index (κ1) is 26.2. The van der Waals surface area contributed by atoms with Crippen LogP contribution in [0, 0.1) is 0 Å². The van der Waals surface area contributed by atoms with Gasteiger partial charge in [-0.2, -0.15) is 0 Å². The number of rotatable bonds is 14. The zero-order valence-electron chi connectivity index (χ0n) is 17.7. The summed E-state index contributed by atoms with van der Waals surface area (Å²) in [6.07, 6.45) is -3.14. The van der Waals surface area contributed by atoms with Crippen LogP contribution in [0.5, 0.6) is 11.5 Å². The fraction of sp³-hybridized carbons (Fsp3) is 0.364. The molecule has 0 amide bonds. The van der Waals surface area contributed by atoms with Gasteiger partial charge in [-0.1, -0.05) is 12.1 Å². The molecule has 0 bridgehead atoms. The molecule has 1 atom stereocenters. The number of aliphatic carboxylic acids is 1. The summed E-state index contributed by atoms with van der Waals surface area (Å²) in [5.74, 6) is -1.13. The summed E-state index contributed by atoms with van der Waals surface area (Å²) in [5, 5.41) is 57.6. The van der Waals surface area contributed by atoms with Gasteiger partial charge in [0.25, 0.3) is 0 Å². The average Bonchev–Trinajstić information content (AvgIpc) is 2.73. The number of aromatic carboxylic acids is 1. The molecule has 2 aromatic carbocycles. The first-order valence-electron chi connectivity index (χ1n) is 10.1. The lowest BCUT2D eigenvalue weighted by Gasteiger charge is -2.25. The van der Waals surface area contributed by atoms with Gasteiger partial charge in [-0.15, -0.1) is 0 Å². The van der Waals surface area contributed by atoms with Crippen LogP contribution in [0.2, 0.25) is 0 Å². The summed E-state index contributed by atoms with van der Waals surface area (Å²) >= 11 is 0. The maximum atomic E-state index is 11.6. The van der Waals surface area contributed by atoms with Crippen molar-refractivity contribution in [2.45, 2.75) is 25.0 Å². The monoisotopic (exact) mass is 464 g/mol. The second-order valence-electron chi connectivity index (χ2n) is 7.35. The molecule has 0 aliphatic carbocycles. The fourth-order valence-corrected chi connectivity index (χ4v) is 3.09. The molecule has 0 saturated heterocycles. The average molecular weight is 464 g/mol. The van der Waals surface area contributed by atoms with E-state index in [1.165, 1.54) is 29.2 Å². The van der Waals surface area contributed by atoms with Crippen molar-refractivity contribution in [3.8, 4) is 11.5 Å². The third kappa shape index (κ3) is 9.53. The molecular weight excluding hydrogens is 436 g/mol. The summed E-state index contributed by atoms with van der Waals surface area (Å²) in [4.78, 5) is 23.9. The smallest absolute Gasteiger partial charge is 0.335 e. The molecule has 0 heterocycles. The Morgan fingerprint density at radius 1 is 0.848 bits per heavy atom. The summed E-state index contributed by atoms with van der Waals surface area (Å²) in [7, 11) is 0. The lowest BCUT2D eigenvalue weighted by molar-refractivity contribution is -0.139. The lowest BCUT2D eigenvalue weighted by atomic mass is 10.1. The second-order valence-corrected chi connectivity index (χ2v) is 7.35. The van der Waals surface area contributed by atoms with Gasteiger partial charge in [0, 0.05) is 26.2 Å². The van der Waals surface area contributed by atoms with E-state index in [4.69, 9.17) is 30.3 Å². The van der Waals surface area contributed by atoms with E-state index in [1.807, 2.05) is 0 Å². The zero-order valence-corrected chi connectivity index (χ0v) is 17.7. The number of benzene rings is 2. The fourth-order valence-electron chi connectivity index (χ4n) is 3.09. The minimum absolute atomic E-state index is 0.146. The highest BCUT2D eigenvalue weighted by Crippen LogP contribution is 2.22. The van der Waals surface area contributed by atoms with Gasteiger partial charge in [-0.05, 0) is 48.4 Å². The maximum Gasteiger partial charge on any atom is 0.335 e. The van der Waals surface area contributed by atoms with E-state index in [0.29, 0.717) is 11.5 Å². The maximum absolute atomic E-state index is 11.6. The minimum Gasteiger partial charge on any atom is -0.480 e. The molecule has 33 heavy (non-hydrogen) atoms. The number of hydrogen-bond acceptors (Lipinski definition) is 9. The molecule has 0 fully saturated rings. The van der Waals surface area contributed by atoms with Crippen LogP contribution in [0.3, 0.4) is 0 Å². The molecule has 0 aromatic heterocycles. The quantitative estimate of drug-likeness (QED) is 0.182. The van der Waals surface area contributed by atoms with Crippen molar-refractivity contribution in [1.82, 2.24) is 10.2 Å². The molecule has 0 radical (unpaired) electrons. The molecule has 180 valence electrons. The topological polar surface area (TPSA) is 180 Å². The number of nitrogens with zero attached hydrogens (tertiary/aromatic N) is 1. The molecule has 11 nitrogen and oxygen atoms in total. The number of carboxylic acid groups (broad SMARTS) is 2. The largest absolute Gasteiger partial charge is 0.480 e. The Labute approximate surface area is 190 Å². The van der Waals surface area contributed by atoms with Crippen LogP contribution < -0.4 is 10.1 Å². The van der Waals surface area contributed by atoms with Crippen molar-refractivity contribution in [2.24, 2.45) is 0 Å². The number of ether oxygens (including phenoxy) is 1. The summed E-state index contributed by atoms with van der Waals surface area (Å²) in [5.41, 5.74) is 0.880. The SMILES string of the molecule is O=C(O)c1ccc(Oc2ccc(C[C@H](NCCN(CC(O)O)CC(O)O)C(=O)O)cc2)cc1. The van der Waals surface area contributed by atoms with Crippen LogP contribution >= 0.6 is 0 Å². The van der Waals surface area contributed by atoms with Crippen molar-refractivity contribution in [2.75, 3.05) is 26.2 Å². The molecule has 0 saturated carbocycles. The first-order valence-corrected chi connectivity index (χ1v) is 10.1. The molecule has 2 aromatic rings. The Bertz CT molecular complexity index is 876. The number of carboxylic acids is 2. The Morgan fingerprint density at radius 2 is 1.36 bits per heavy atom. The predicted octanol–water partition coefficient (Wildman–Crippen LogP) is -0.314. The minimum atomic E-state index is -1.66. The lowest BCUT2D eigenvalue weighted by Crippen LogP contribution is -2.45. The van der Waals surface area contributed by atoms with Gasteiger partial charge in [0.1, 0.15) is 17.5 Å². The number of carbonyl (C=O) groups is 2. The van der Waals surface area contributed by atoms with Gasteiger partial charge in [-0.3, -0.25) is 9.69 Å². The van der Waals surface area contributed by atoms with Crippen molar-refractivity contribution >= 4 is 11.9 Å².